The van der Waals surface area contributed by atoms with Crippen molar-refractivity contribution >= 4 is 22.7 Å². The molecule has 0 fully saturated rings. The van der Waals surface area contributed by atoms with Gasteiger partial charge in [0, 0.05) is 11.8 Å². The molecule has 2 aromatic carbocycles. The molecule has 0 atom stereocenters. The third-order valence-corrected chi connectivity index (χ3v) is 3.44. The number of hydrogen-bond donors (Lipinski definition) is 2. The number of benzene rings is 2. The lowest BCUT2D eigenvalue weighted by atomic mass is 10.2. The Morgan fingerprint density at radius 1 is 1.00 bits per heavy atom. The molecule has 2 N–H and O–H groups in total. The Bertz CT molecular complexity index is 811. The number of aromatic amines is 1. The fourth-order valence-electron chi connectivity index (χ4n) is 2.45. The van der Waals surface area contributed by atoms with Gasteiger partial charge in [0.05, 0.1) is 24.2 Å². The van der Waals surface area contributed by atoms with Crippen LogP contribution in [0.3, 0.4) is 0 Å². The number of rotatable bonds is 6. The average molecular weight is 311 g/mol. The van der Waals surface area contributed by atoms with E-state index in [9.17, 15) is 0 Å². The van der Waals surface area contributed by atoms with E-state index in [1.54, 1.807) is 0 Å². The first-order valence-electron chi connectivity index (χ1n) is 7.82. The van der Waals surface area contributed by atoms with Gasteiger partial charge in [0.15, 0.2) is 11.5 Å². The number of imidazole rings is 1. The second kappa shape index (κ2) is 6.60. The molecule has 0 aliphatic heterocycles. The van der Waals surface area contributed by atoms with E-state index in [1.807, 2.05) is 38.1 Å². The summed E-state index contributed by atoms with van der Waals surface area (Å²) in [5, 5.41) is 3.28. The topological polar surface area (TPSA) is 59.2 Å². The van der Waals surface area contributed by atoms with Crippen LogP contribution in [-0.4, -0.2) is 23.2 Å². The van der Waals surface area contributed by atoms with E-state index in [0.29, 0.717) is 19.2 Å². The van der Waals surface area contributed by atoms with Gasteiger partial charge in [0.25, 0.3) is 0 Å². The average Bonchev–Trinajstić information content (AvgIpc) is 2.91. The van der Waals surface area contributed by atoms with Crippen molar-refractivity contribution in [3.8, 4) is 11.5 Å². The van der Waals surface area contributed by atoms with Gasteiger partial charge in [0.1, 0.15) is 0 Å². The first-order valence-corrected chi connectivity index (χ1v) is 7.82. The van der Waals surface area contributed by atoms with E-state index in [1.165, 1.54) is 5.56 Å². The number of fused-ring (bicyclic) bond motifs is 1. The molecule has 1 heterocycles. The van der Waals surface area contributed by atoms with Crippen molar-refractivity contribution in [1.29, 1.82) is 0 Å². The Labute approximate surface area is 135 Å². The van der Waals surface area contributed by atoms with Crippen LogP contribution in [0.5, 0.6) is 11.5 Å². The zero-order valence-electron chi connectivity index (χ0n) is 13.6. The molecule has 5 heteroatoms. The van der Waals surface area contributed by atoms with Crippen molar-refractivity contribution in [3.05, 3.63) is 42.0 Å². The normalized spacial score (nSPS) is 10.7. The standard InChI is InChI=1S/C18H21N3O2/c1-4-22-16-9-7-13(11-17(16)23-5-2)19-18-20-14-8-6-12(3)10-15(14)21-18/h6-11H,4-5H2,1-3H3,(H2,19,20,21). The third-order valence-electron chi connectivity index (χ3n) is 3.44. The highest BCUT2D eigenvalue weighted by Crippen LogP contribution is 2.31. The van der Waals surface area contributed by atoms with Gasteiger partial charge in [-0.3, -0.25) is 0 Å². The molecule has 0 aliphatic rings. The fraction of sp³-hybridized carbons (Fsp3) is 0.278. The summed E-state index contributed by atoms with van der Waals surface area (Å²) >= 11 is 0. The van der Waals surface area contributed by atoms with Gasteiger partial charge in [-0.05, 0) is 50.6 Å². The first kappa shape index (κ1) is 15.2. The zero-order valence-corrected chi connectivity index (χ0v) is 13.6. The Morgan fingerprint density at radius 3 is 2.57 bits per heavy atom. The van der Waals surface area contributed by atoms with Crippen molar-refractivity contribution in [2.45, 2.75) is 20.8 Å². The van der Waals surface area contributed by atoms with Gasteiger partial charge < -0.3 is 19.8 Å². The van der Waals surface area contributed by atoms with Crippen LogP contribution in [0.2, 0.25) is 0 Å². The molecule has 23 heavy (non-hydrogen) atoms. The maximum absolute atomic E-state index is 5.65. The van der Waals surface area contributed by atoms with E-state index in [4.69, 9.17) is 9.47 Å². The van der Waals surface area contributed by atoms with Gasteiger partial charge in [-0.2, -0.15) is 0 Å². The summed E-state index contributed by atoms with van der Waals surface area (Å²) in [6, 6.07) is 11.9. The van der Waals surface area contributed by atoms with Gasteiger partial charge >= 0.3 is 0 Å². The smallest absolute Gasteiger partial charge is 0.205 e. The molecule has 1 aromatic heterocycles. The Hall–Kier alpha value is -2.69. The number of hydrogen-bond acceptors (Lipinski definition) is 4. The van der Waals surface area contributed by atoms with E-state index < -0.39 is 0 Å². The highest BCUT2D eigenvalue weighted by atomic mass is 16.5. The lowest BCUT2D eigenvalue weighted by Crippen LogP contribution is -2.00. The van der Waals surface area contributed by atoms with Crippen molar-refractivity contribution in [3.63, 3.8) is 0 Å². The number of nitrogens with zero attached hydrogens (tertiary/aromatic N) is 1. The Kier molecular flexibility index (Phi) is 4.37. The van der Waals surface area contributed by atoms with E-state index in [0.717, 1.165) is 28.2 Å². The minimum Gasteiger partial charge on any atom is -0.490 e. The lowest BCUT2D eigenvalue weighted by molar-refractivity contribution is 0.288. The molecule has 0 amide bonds. The first-order chi connectivity index (χ1) is 11.2. The van der Waals surface area contributed by atoms with Gasteiger partial charge in [-0.25, -0.2) is 4.98 Å². The molecule has 0 aliphatic carbocycles. The molecular weight excluding hydrogens is 290 g/mol. The highest BCUT2D eigenvalue weighted by molar-refractivity contribution is 5.79. The summed E-state index contributed by atoms with van der Waals surface area (Å²) in [6.07, 6.45) is 0. The third kappa shape index (κ3) is 3.39. The molecule has 120 valence electrons. The largest absolute Gasteiger partial charge is 0.490 e. The molecule has 0 radical (unpaired) electrons. The van der Waals surface area contributed by atoms with E-state index in [2.05, 4.69) is 34.3 Å². The Morgan fingerprint density at radius 2 is 1.78 bits per heavy atom. The summed E-state index contributed by atoms with van der Waals surface area (Å²) in [7, 11) is 0. The summed E-state index contributed by atoms with van der Waals surface area (Å²) < 4.78 is 11.2. The van der Waals surface area contributed by atoms with Crippen molar-refractivity contribution in [1.82, 2.24) is 9.97 Å². The second-order valence-corrected chi connectivity index (χ2v) is 5.26. The van der Waals surface area contributed by atoms with Crippen LogP contribution in [-0.2, 0) is 0 Å². The quantitative estimate of drug-likeness (QED) is 0.708. The number of H-pyrrole nitrogens is 1. The van der Waals surface area contributed by atoms with Crippen LogP contribution in [0, 0.1) is 6.92 Å². The van der Waals surface area contributed by atoms with Crippen LogP contribution in [0.15, 0.2) is 36.4 Å². The minimum absolute atomic E-state index is 0.591. The molecule has 3 aromatic rings. The van der Waals surface area contributed by atoms with Crippen molar-refractivity contribution in [2.75, 3.05) is 18.5 Å². The number of ether oxygens (including phenoxy) is 2. The van der Waals surface area contributed by atoms with E-state index in [-0.39, 0.29) is 0 Å². The predicted molar refractivity (Wildman–Crippen MR) is 92.9 cm³/mol. The molecule has 0 unspecified atom stereocenters. The maximum atomic E-state index is 5.65. The summed E-state index contributed by atoms with van der Waals surface area (Å²) in [6.45, 7) is 7.17. The summed E-state index contributed by atoms with van der Waals surface area (Å²) in [5.74, 6) is 2.18. The summed E-state index contributed by atoms with van der Waals surface area (Å²) in [4.78, 5) is 7.83. The molecule has 3 rings (SSSR count). The minimum atomic E-state index is 0.591. The molecule has 0 bridgehead atoms. The van der Waals surface area contributed by atoms with Crippen LogP contribution in [0.4, 0.5) is 11.6 Å². The molecule has 0 saturated heterocycles. The number of nitrogens with one attached hydrogen (secondary N) is 2. The number of aryl methyl sites for hydroxylation is 1. The van der Waals surface area contributed by atoms with Crippen LogP contribution < -0.4 is 14.8 Å². The molecule has 0 spiro atoms. The fourth-order valence-corrected chi connectivity index (χ4v) is 2.45. The predicted octanol–water partition coefficient (Wildman–Crippen LogP) is 4.41. The van der Waals surface area contributed by atoms with Gasteiger partial charge in [-0.1, -0.05) is 6.07 Å². The second-order valence-electron chi connectivity index (χ2n) is 5.26. The maximum Gasteiger partial charge on any atom is 0.205 e. The number of anilines is 2. The van der Waals surface area contributed by atoms with Crippen molar-refractivity contribution < 1.29 is 9.47 Å². The lowest BCUT2D eigenvalue weighted by Gasteiger charge is -2.12. The molecular formula is C18H21N3O2. The SMILES string of the molecule is CCOc1ccc(Nc2nc3ccc(C)cc3[nH]2)cc1OCC. The van der Waals surface area contributed by atoms with Crippen LogP contribution in [0.1, 0.15) is 19.4 Å². The molecule has 5 nitrogen and oxygen atoms in total. The zero-order chi connectivity index (χ0) is 16.2. The van der Waals surface area contributed by atoms with Gasteiger partial charge in [-0.15, -0.1) is 0 Å². The van der Waals surface area contributed by atoms with Gasteiger partial charge in [0.2, 0.25) is 5.95 Å². The summed E-state index contributed by atoms with van der Waals surface area (Å²) in [5.41, 5.74) is 4.05. The highest BCUT2D eigenvalue weighted by Gasteiger charge is 2.08. The van der Waals surface area contributed by atoms with Crippen LogP contribution >= 0.6 is 0 Å². The monoisotopic (exact) mass is 311 g/mol. The van der Waals surface area contributed by atoms with E-state index >= 15 is 0 Å². The van der Waals surface area contributed by atoms with Crippen molar-refractivity contribution in [2.24, 2.45) is 0 Å². The van der Waals surface area contributed by atoms with Crippen LogP contribution in [0.25, 0.3) is 11.0 Å². The molecule has 0 saturated carbocycles. The number of aromatic nitrogens is 2. The Balaban J connectivity index is 1.87.